The third kappa shape index (κ3) is 3.81. The minimum Gasteiger partial charge on any atom is -0.375 e. The molecule has 0 aliphatic carbocycles. The van der Waals surface area contributed by atoms with E-state index in [0.717, 1.165) is 18.5 Å². The van der Waals surface area contributed by atoms with E-state index in [2.05, 4.69) is 29.4 Å². The molecule has 0 saturated carbocycles. The molecular weight excluding hydrogens is 251 g/mol. The van der Waals surface area contributed by atoms with E-state index >= 15 is 0 Å². The van der Waals surface area contributed by atoms with Crippen LogP contribution in [0.5, 0.6) is 0 Å². The lowest BCUT2D eigenvalue weighted by Crippen LogP contribution is -2.25. The van der Waals surface area contributed by atoms with Crippen molar-refractivity contribution in [3.63, 3.8) is 0 Å². The molecule has 0 amide bonds. The van der Waals surface area contributed by atoms with Gasteiger partial charge in [-0.05, 0) is 43.3 Å². The second-order valence-electron chi connectivity index (χ2n) is 4.94. The predicted molar refractivity (Wildman–Crippen MR) is 82.5 cm³/mol. The van der Waals surface area contributed by atoms with E-state index in [1.165, 1.54) is 17.8 Å². The van der Waals surface area contributed by atoms with Gasteiger partial charge in [0.2, 0.25) is 0 Å². The first-order valence-electron chi connectivity index (χ1n) is 6.89. The van der Waals surface area contributed by atoms with Gasteiger partial charge in [0.05, 0.1) is 0 Å². The Hall–Kier alpha value is -1.87. The molecule has 0 saturated heterocycles. The van der Waals surface area contributed by atoms with Crippen LogP contribution in [0.1, 0.15) is 18.0 Å². The number of halogens is 1. The summed E-state index contributed by atoms with van der Waals surface area (Å²) in [6.45, 7) is 0.937. The number of anilines is 1. The van der Waals surface area contributed by atoms with Gasteiger partial charge in [-0.15, -0.1) is 0 Å². The van der Waals surface area contributed by atoms with E-state index in [0.29, 0.717) is 0 Å². The number of nitrogens with one attached hydrogen (secondary N) is 1. The van der Waals surface area contributed by atoms with Crippen LogP contribution in [0.2, 0.25) is 0 Å². The summed E-state index contributed by atoms with van der Waals surface area (Å²) in [5.74, 6) is -0.190. The molecule has 0 aromatic heterocycles. The molecule has 2 aromatic rings. The zero-order valence-corrected chi connectivity index (χ0v) is 12.0. The van der Waals surface area contributed by atoms with Gasteiger partial charge in [-0.3, -0.25) is 0 Å². The van der Waals surface area contributed by atoms with Gasteiger partial charge in [0.25, 0.3) is 0 Å². The highest BCUT2D eigenvalue weighted by molar-refractivity contribution is 5.44. The van der Waals surface area contributed by atoms with Crippen molar-refractivity contribution >= 4 is 5.69 Å². The fourth-order valence-electron chi connectivity index (χ4n) is 2.31. The fraction of sp³-hybridized carbons (Fsp3) is 0.294. The highest BCUT2D eigenvalue weighted by Crippen LogP contribution is 2.19. The highest BCUT2D eigenvalue weighted by atomic mass is 19.1. The monoisotopic (exact) mass is 272 g/mol. The molecule has 0 bridgehead atoms. The lowest BCUT2D eigenvalue weighted by Gasteiger charge is -2.23. The molecule has 2 rings (SSSR count). The van der Waals surface area contributed by atoms with E-state index in [9.17, 15) is 4.39 Å². The van der Waals surface area contributed by atoms with Gasteiger partial charge >= 0.3 is 0 Å². The molecule has 3 heteroatoms. The van der Waals surface area contributed by atoms with Gasteiger partial charge in [0.1, 0.15) is 5.82 Å². The Balaban J connectivity index is 1.95. The molecule has 0 radical (unpaired) electrons. The molecule has 0 aliphatic heterocycles. The molecule has 2 nitrogen and oxygen atoms in total. The fourth-order valence-corrected chi connectivity index (χ4v) is 2.31. The number of hydrogen-bond donors (Lipinski definition) is 1. The van der Waals surface area contributed by atoms with E-state index in [1.54, 1.807) is 0 Å². The molecular formula is C17H21FN2. The van der Waals surface area contributed by atoms with Crippen LogP contribution in [0.3, 0.4) is 0 Å². The van der Waals surface area contributed by atoms with Gasteiger partial charge in [-0.1, -0.05) is 30.3 Å². The van der Waals surface area contributed by atoms with Crippen molar-refractivity contribution in [3.05, 3.63) is 66.0 Å². The van der Waals surface area contributed by atoms with Gasteiger partial charge in [-0.25, -0.2) is 4.39 Å². The molecule has 0 heterocycles. The van der Waals surface area contributed by atoms with Crippen molar-refractivity contribution < 1.29 is 4.39 Å². The van der Waals surface area contributed by atoms with Crippen molar-refractivity contribution in [2.24, 2.45) is 0 Å². The van der Waals surface area contributed by atoms with Crippen LogP contribution in [-0.4, -0.2) is 20.6 Å². The average molecular weight is 272 g/mol. The summed E-state index contributed by atoms with van der Waals surface area (Å²) in [6, 6.07) is 17.3. The predicted octanol–water partition coefficient (Wildman–Crippen LogP) is 3.61. The Morgan fingerprint density at radius 1 is 1.05 bits per heavy atom. The molecule has 1 N–H and O–H groups in total. The number of para-hydroxylation sites is 1. The van der Waals surface area contributed by atoms with Crippen molar-refractivity contribution in [1.82, 2.24) is 5.32 Å². The summed E-state index contributed by atoms with van der Waals surface area (Å²) in [4.78, 5) is 2.23. The molecule has 1 atom stereocenters. The normalized spacial score (nSPS) is 12.2. The smallest absolute Gasteiger partial charge is 0.123 e. The summed E-state index contributed by atoms with van der Waals surface area (Å²) in [6.07, 6.45) is 0.966. The van der Waals surface area contributed by atoms with Gasteiger partial charge in [-0.2, -0.15) is 0 Å². The Kier molecular flexibility index (Phi) is 5.13. The Morgan fingerprint density at radius 2 is 1.70 bits per heavy atom. The average Bonchev–Trinajstić information content (AvgIpc) is 2.50. The number of benzene rings is 2. The maximum absolute atomic E-state index is 13.0. The van der Waals surface area contributed by atoms with Crippen LogP contribution in [0, 0.1) is 5.82 Å². The standard InChI is InChI=1S/C17H21FN2/c1-19-17(14-8-10-15(18)11-9-14)12-13-20(2)16-6-4-3-5-7-16/h3-11,17,19H,12-13H2,1-2H3. The molecule has 2 aromatic carbocycles. The van der Waals surface area contributed by atoms with E-state index < -0.39 is 0 Å². The Bertz CT molecular complexity index is 510. The van der Waals surface area contributed by atoms with Crippen molar-refractivity contribution in [3.8, 4) is 0 Å². The Morgan fingerprint density at radius 3 is 2.30 bits per heavy atom. The molecule has 0 aliphatic rings. The van der Waals surface area contributed by atoms with Gasteiger partial charge < -0.3 is 10.2 Å². The first-order chi connectivity index (χ1) is 9.70. The Labute approximate surface area is 120 Å². The van der Waals surface area contributed by atoms with Crippen LogP contribution in [0.25, 0.3) is 0 Å². The number of hydrogen-bond acceptors (Lipinski definition) is 2. The first-order valence-corrected chi connectivity index (χ1v) is 6.89. The second-order valence-corrected chi connectivity index (χ2v) is 4.94. The third-order valence-electron chi connectivity index (χ3n) is 3.57. The zero-order valence-electron chi connectivity index (χ0n) is 12.0. The highest BCUT2D eigenvalue weighted by Gasteiger charge is 2.10. The van der Waals surface area contributed by atoms with Crippen molar-refractivity contribution in [1.29, 1.82) is 0 Å². The lowest BCUT2D eigenvalue weighted by atomic mass is 10.0. The molecule has 20 heavy (non-hydrogen) atoms. The minimum absolute atomic E-state index is 0.190. The maximum atomic E-state index is 13.0. The third-order valence-corrected chi connectivity index (χ3v) is 3.57. The van der Waals surface area contributed by atoms with E-state index in [1.807, 2.05) is 37.4 Å². The second kappa shape index (κ2) is 7.06. The summed E-state index contributed by atoms with van der Waals surface area (Å²) in [5.41, 5.74) is 2.33. The van der Waals surface area contributed by atoms with Crippen LogP contribution in [0.15, 0.2) is 54.6 Å². The number of rotatable bonds is 6. The number of nitrogens with zero attached hydrogens (tertiary/aromatic N) is 1. The molecule has 106 valence electrons. The summed E-state index contributed by atoms with van der Waals surface area (Å²) in [5, 5.41) is 3.30. The van der Waals surface area contributed by atoms with E-state index in [-0.39, 0.29) is 11.9 Å². The van der Waals surface area contributed by atoms with E-state index in [4.69, 9.17) is 0 Å². The SMILES string of the molecule is CNC(CCN(C)c1ccccc1)c1ccc(F)cc1. The zero-order chi connectivity index (χ0) is 14.4. The first kappa shape index (κ1) is 14.5. The molecule has 1 unspecified atom stereocenters. The topological polar surface area (TPSA) is 15.3 Å². The van der Waals surface area contributed by atoms with Gasteiger partial charge in [0.15, 0.2) is 0 Å². The lowest BCUT2D eigenvalue weighted by molar-refractivity contribution is 0.547. The quantitative estimate of drug-likeness (QED) is 0.864. The van der Waals surface area contributed by atoms with Gasteiger partial charge in [0, 0.05) is 25.3 Å². The summed E-state index contributed by atoms with van der Waals surface area (Å²) < 4.78 is 13.0. The molecule has 0 fully saturated rings. The van der Waals surface area contributed by atoms with Crippen LogP contribution in [-0.2, 0) is 0 Å². The minimum atomic E-state index is -0.190. The maximum Gasteiger partial charge on any atom is 0.123 e. The summed E-state index contributed by atoms with van der Waals surface area (Å²) in [7, 11) is 4.03. The van der Waals surface area contributed by atoms with Crippen LogP contribution < -0.4 is 10.2 Å². The molecule has 0 spiro atoms. The van der Waals surface area contributed by atoms with Crippen LogP contribution in [0.4, 0.5) is 10.1 Å². The van der Waals surface area contributed by atoms with Crippen LogP contribution >= 0.6 is 0 Å². The van der Waals surface area contributed by atoms with Crippen molar-refractivity contribution in [2.75, 3.05) is 25.5 Å². The van der Waals surface area contributed by atoms with Crippen molar-refractivity contribution in [2.45, 2.75) is 12.5 Å². The summed E-state index contributed by atoms with van der Waals surface area (Å²) >= 11 is 0. The largest absolute Gasteiger partial charge is 0.375 e.